The number of anilines is 2. The molecule has 6 heteroatoms. The van der Waals surface area contributed by atoms with Crippen LogP contribution in [0.2, 0.25) is 5.02 Å². The minimum absolute atomic E-state index is 0.441. The molecular formula is C23H34ClN5. The molecule has 0 bridgehead atoms. The average Bonchev–Trinajstić information content (AvgIpc) is 2.75. The van der Waals surface area contributed by atoms with Gasteiger partial charge in [-0.1, -0.05) is 44.4 Å². The van der Waals surface area contributed by atoms with E-state index in [0.717, 1.165) is 68.2 Å². The third-order valence-corrected chi connectivity index (χ3v) is 5.78. The van der Waals surface area contributed by atoms with E-state index in [-0.39, 0.29) is 0 Å². The Labute approximate surface area is 180 Å². The number of nitrogens with one attached hydrogen (secondary N) is 3. The third-order valence-electron chi connectivity index (χ3n) is 5.48. The van der Waals surface area contributed by atoms with E-state index < -0.39 is 0 Å². The van der Waals surface area contributed by atoms with Gasteiger partial charge < -0.3 is 16.0 Å². The minimum atomic E-state index is 0.441. The van der Waals surface area contributed by atoms with Crippen LogP contribution in [0.4, 0.5) is 11.6 Å². The number of piperidine rings is 1. The lowest BCUT2D eigenvalue weighted by atomic mass is 10.00. The Bertz CT molecular complexity index is 755. The van der Waals surface area contributed by atoms with Crippen LogP contribution in [0.15, 0.2) is 30.5 Å². The molecule has 0 saturated carbocycles. The highest BCUT2D eigenvalue weighted by molar-refractivity contribution is 6.33. The molecule has 0 aliphatic carbocycles. The van der Waals surface area contributed by atoms with Gasteiger partial charge in [0.2, 0.25) is 0 Å². The first-order valence-corrected chi connectivity index (χ1v) is 11.4. The minimum Gasteiger partial charge on any atom is -0.370 e. The maximum atomic E-state index is 6.48. The van der Waals surface area contributed by atoms with Crippen LogP contribution in [0, 0.1) is 5.92 Å². The van der Waals surface area contributed by atoms with Crippen molar-refractivity contribution in [3.05, 3.63) is 35.5 Å². The zero-order chi connectivity index (χ0) is 20.5. The van der Waals surface area contributed by atoms with Gasteiger partial charge in [0.05, 0.1) is 10.7 Å². The molecule has 1 fully saturated rings. The summed E-state index contributed by atoms with van der Waals surface area (Å²) in [7, 11) is 0. The molecule has 1 saturated heterocycles. The van der Waals surface area contributed by atoms with Crippen LogP contribution in [0.1, 0.15) is 52.4 Å². The number of hydrogen-bond donors (Lipinski definition) is 3. The van der Waals surface area contributed by atoms with Crippen LogP contribution >= 0.6 is 11.6 Å². The largest absolute Gasteiger partial charge is 0.370 e. The Hall–Kier alpha value is -1.85. The highest BCUT2D eigenvalue weighted by Gasteiger charge is 2.14. The van der Waals surface area contributed by atoms with Gasteiger partial charge in [-0.3, -0.25) is 0 Å². The summed E-state index contributed by atoms with van der Waals surface area (Å²) in [6.07, 6.45) is 8.83. The molecule has 5 nitrogen and oxygen atoms in total. The van der Waals surface area contributed by atoms with Crippen molar-refractivity contribution in [1.82, 2.24) is 15.3 Å². The summed E-state index contributed by atoms with van der Waals surface area (Å²) in [5.74, 6) is 2.42. The smallest absolute Gasteiger partial charge is 0.126 e. The fourth-order valence-corrected chi connectivity index (χ4v) is 4.14. The Morgan fingerprint density at radius 3 is 2.76 bits per heavy atom. The molecular weight excluding hydrogens is 382 g/mol. The molecule has 0 spiro atoms. The first-order chi connectivity index (χ1) is 14.2. The molecule has 0 amide bonds. The summed E-state index contributed by atoms with van der Waals surface area (Å²) in [5, 5.41) is 11.2. The van der Waals surface area contributed by atoms with E-state index in [1.54, 1.807) is 6.20 Å². The van der Waals surface area contributed by atoms with Crippen molar-refractivity contribution in [2.75, 3.05) is 30.3 Å². The Morgan fingerprint density at radius 1 is 1.21 bits per heavy atom. The fourth-order valence-electron chi connectivity index (χ4n) is 3.94. The van der Waals surface area contributed by atoms with Crippen molar-refractivity contribution in [3.8, 4) is 11.3 Å². The number of hydrogen-bond acceptors (Lipinski definition) is 5. The fraction of sp³-hybridized carbons (Fsp3) is 0.565. The first-order valence-electron chi connectivity index (χ1n) is 11.0. The van der Waals surface area contributed by atoms with Gasteiger partial charge >= 0.3 is 0 Å². The molecule has 158 valence electrons. The van der Waals surface area contributed by atoms with E-state index in [1.165, 1.54) is 12.8 Å². The molecule has 3 rings (SSSR count). The van der Waals surface area contributed by atoms with Gasteiger partial charge in [-0.05, 0) is 62.9 Å². The van der Waals surface area contributed by atoms with Gasteiger partial charge in [0, 0.05) is 24.3 Å². The van der Waals surface area contributed by atoms with Gasteiger partial charge in [0.25, 0.3) is 0 Å². The van der Waals surface area contributed by atoms with Crippen LogP contribution in [0.25, 0.3) is 11.3 Å². The van der Waals surface area contributed by atoms with E-state index in [0.29, 0.717) is 17.0 Å². The SMILES string of the molecule is CCCC(CCC)Nc1cc(-c2cccc(NC[C@H]3CCCNC3)n2)c(Cl)cn1. The summed E-state index contributed by atoms with van der Waals surface area (Å²) in [6.45, 7) is 7.59. The van der Waals surface area contributed by atoms with Crippen molar-refractivity contribution >= 4 is 23.2 Å². The Morgan fingerprint density at radius 2 is 2.03 bits per heavy atom. The van der Waals surface area contributed by atoms with Crippen LogP contribution in [-0.4, -0.2) is 35.6 Å². The van der Waals surface area contributed by atoms with Crippen LogP contribution in [-0.2, 0) is 0 Å². The van der Waals surface area contributed by atoms with E-state index in [9.17, 15) is 0 Å². The lowest BCUT2D eigenvalue weighted by molar-refractivity contribution is 0.392. The highest BCUT2D eigenvalue weighted by Crippen LogP contribution is 2.29. The molecule has 0 aromatic carbocycles. The number of pyridine rings is 2. The molecule has 1 atom stereocenters. The summed E-state index contributed by atoms with van der Waals surface area (Å²) in [4.78, 5) is 9.30. The highest BCUT2D eigenvalue weighted by atomic mass is 35.5. The molecule has 2 aromatic rings. The topological polar surface area (TPSA) is 61.9 Å². The summed E-state index contributed by atoms with van der Waals surface area (Å²) >= 11 is 6.48. The van der Waals surface area contributed by atoms with Crippen LogP contribution in [0.5, 0.6) is 0 Å². The van der Waals surface area contributed by atoms with Crippen molar-refractivity contribution in [1.29, 1.82) is 0 Å². The van der Waals surface area contributed by atoms with Gasteiger partial charge in [0.15, 0.2) is 0 Å². The van der Waals surface area contributed by atoms with Crippen molar-refractivity contribution in [2.45, 2.75) is 58.4 Å². The molecule has 3 heterocycles. The second-order valence-electron chi connectivity index (χ2n) is 7.97. The van der Waals surface area contributed by atoms with Crippen molar-refractivity contribution in [3.63, 3.8) is 0 Å². The second kappa shape index (κ2) is 11.4. The zero-order valence-corrected chi connectivity index (χ0v) is 18.4. The van der Waals surface area contributed by atoms with E-state index in [2.05, 4.69) is 34.8 Å². The monoisotopic (exact) mass is 415 g/mol. The normalized spacial score (nSPS) is 16.8. The Kier molecular flexibility index (Phi) is 8.56. The lowest BCUT2D eigenvalue weighted by Crippen LogP contribution is -2.33. The van der Waals surface area contributed by atoms with Crippen molar-refractivity contribution < 1.29 is 0 Å². The van der Waals surface area contributed by atoms with Gasteiger partial charge in [0.1, 0.15) is 11.6 Å². The van der Waals surface area contributed by atoms with Crippen LogP contribution < -0.4 is 16.0 Å². The predicted octanol–water partition coefficient (Wildman–Crippen LogP) is 5.59. The van der Waals surface area contributed by atoms with E-state index in [1.807, 2.05) is 24.3 Å². The average molecular weight is 416 g/mol. The standard InChI is InChI=1S/C23H34ClN5/c1-3-7-18(8-4-2)28-23-13-19(20(24)16-27-23)21-10-5-11-22(29-21)26-15-17-9-6-12-25-14-17/h5,10-11,13,16-18,25H,3-4,6-9,12,14-15H2,1-2H3,(H,26,29)(H,27,28)/t17-/m0/s1. The van der Waals surface area contributed by atoms with Gasteiger partial charge in [-0.15, -0.1) is 0 Å². The number of halogens is 1. The summed E-state index contributed by atoms with van der Waals surface area (Å²) < 4.78 is 0. The third kappa shape index (κ3) is 6.58. The molecule has 3 N–H and O–H groups in total. The molecule has 0 unspecified atom stereocenters. The first kappa shape index (κ1) is 21.8. The Balaban J connectivity index is 1.71. The molecule has 29 heavy (non-hydrogen) atoms. The molecule has 1 aliphatic heterocycles. The number of nitrogens with zero attached hydrogens (tertiary/aromatic N) is 2. The zero-order valence-electron chi connectivity index (χ0n) is 17.7. The van der Waals surface area contributed by atoms with Gasteiger partial charge in [-0.25, -0.2) is 9.97 Å². The number of rotatable bonds is 10. The quantitative estimate of drug-likeness (QED) is 0.472. The summed E-state index contributed by atoms with van der Waals surface area (Å²) in [5.41, 5.74) is 1.79. The second-order valence-corrected chi connectivity index (χ2v) is 8.38. The molecule has 0 radical (unpaired) electrons. The van der Waals surface area contributed by atoms with E-state index >= 15 is 0 Å². The maximum absolute atomic E-state index is 6.48. The summed E-state index contributed by atoms with van der Waals surface area (Å²) in [6, 6.07) is 8.53. The van der Waals surface area contributed by atoms with E-state index in [4.69, 9.17) is 16.6 Å². The number of aromatic nitrogens is 2. The predicted molar refractivity (Wildman–Crippen MR) is 124 cm³/mol. The molecule has 2 aromatic heterocycles. The van der Waals surface area contributed by atoms with Crippen molar-refractivity contribution in [2.24, 2.45) is 5.92 Å². The maximum Gasteiger partial charge on any atom is 0.126 e. The van der Waals surface area contributed by atoms with Crippen LogP contribution in [0.3, 0.4) is 0 Å². The lowest BCUT2D eigenvalue weighted by Gasteiger charge is -2.23. The molecule has 1 aliphatic rings. The van der Waals surface area contributed by atoms with Gasteiger partial charge in [-0.2, -0.15) is 0 Å².